The van der Waals surface area contributed by atoms with Gasteiger partial charge in [0, 0.05) is 18.8 Å². The molecule has 0 atom stereocenters. The predicted octanol–water partition coefficient (Wildman–Crippen LogP) is 2.80. The van der Waals surface area contributed by atoms with Gasteiger partial charge in [0.05, 0.1) is 13.2 Å². The lowest BCUT2D eigenvalue weighted by Crippen LogP contribution is -2.34. The van der Waals surface area contributed by atoms with E-state index in [-0.39, 0.29) is 0 Å². The van der Waals surface area contributed by atoms with Gasteiger partial charge in [0.2, 0.25) is 5.88 Å². The first-order valence-corrected chi connectivity index (χ1v) is 7.55. The third-order valence-corrected chi connectivity index (χ3v) is 2.95. The van der Waals surface area contributed by atoms with E-state index >= 15 is 0 Å². The number of nitrogens with zero attached hydrogens (tertiary/aromatic N) is 1. The molecule has 2 amide bonds. The number of ether oxygens (including phenoxy) is 1. The van der Waals surface area contributed by atoms with Crippen molar-refractivity contribution >= 4 is 6.03 Å². The highest BCUT2D eigenvalue weighted by molar-refractivity contribution is 5.72. The van der Waals surface area contributed by atoms with E-state index in [2.05, 4.69) is 15.8 Å². The number of pyridine rings is 1. The molecular weight excluding hydrogens is 294 g/mol. The van der Waals surface area contributed by atoms with Crippen molar-refractivity contribution in [2.24, 2.45) is 0 Å². The third-order valence-electron chi connectivity index (χ3n) is 2.95. The van der Waals surface area contributed by atoms with Gasteiger partial charge < -0.3 is 10.1 Å². The summed E-state index contributed by atoms with van der Waals surface area (Å²) in [6, 6.07) is 12.9. The minimum atomic E-state index is -0.396. The van der Waals surface area contributed by atoms with Crippen LogP contribution >= 0.6 is 0 Å². The van der Waals surface area contributed by atoms with E-state index in [0.717, 1.165) is 17.5 Å². The van der Waals surface area contributed by atoms with Gasteiger partial charge in [-0.05, 0) is 17.5 Å². The van der Waals surface area contributed by atoms with E-state index in [1.54, 1.807) is 12.3 Å². The summed E-state index contributed by atoms with van der Waals surface area (Å²) in [6.45, 7) is 3.36. The topological polar surface area (TPSA) is 72.5 Å². The molecule has 0 fully saturated rings. The molecule has 1 heterocycles. The van der Waals surface area contributed by atoms with E-state index in [4.69, 9.17) is 9.57 Å². The molecule has 1 aromatic heterocycles. The fourth-order valence-corrected chi connectivity index (χ4v) is 1.79. The van der Waals surface area contributed by atoms with Crippen LogP contribution in [0.3, 0.4) is 0 Å². The molecule has 0 aliphatic carbocycles. The molecule has 23 heavy (non-hydrogen) atoms. The van der Waals surface area contributed by atoms with Gasteiger partial charge in [-0.15, -0.1) is 0 Å². The Labute approximate surface area is 135 Å². The van der Waals surface area contributed by atoms with Crippen molar-refractivity contribution in [2.45, 2.75) is 26.5 Å². The number of amides is 2. The minimum Gasteiger partial charge on any atom is -0.478 e. The third kappa shape index (κ3) is 6.36. The lowest BCUT2D eigenvalue weighted by molar-refractivity contribution is 0.0489. The molecule has 1 aromatic carbocycles. The monoisotopic (exact) mass is 315 g/mol. The molecule has 0 saturated heterocycles. The van der Waals surface area contributed by atoms with Crippen LogP contribution in [0.1, 0.15) is 24.5 Å². The lowest BCUT2D eigenvalue weighted by atomic mass is 10.2. The maximum atomic E-state index is 11.6. The van der Waals surface area contributed by atoms with Crippen LogP contribution < -0.4 is 15.5 Å². The van der Waals surface area contributed by atoms with Gasteiger partial charge in [-0.25, -0.2) is 15.3 Å². The Morgan fingerprint density at radius 3 is 2.65 bits per heavy atom. The van der Waals surface area contributed by atoms with Crippen molar-refractivity contribution < 1.29 is 14.4 Å². The van der Waals surface area contributed by atoms with Crippen molar-refractivity contribution in [1.29, 1.82) is 0 Å². The maximum absolute atomic E-state index is 11.6. The van der Waals surface area contributed by atoms with E-state index in [0.29, 0.717) is 25.6 Å². The summed E-state index contributed by atoms with van der Waals surface area (Å²) in [7, 11) is 0. The summed E-state index contributed by atoms with van der Waals surface area (Å²) < 4.78 is 5.40. The summed E-state index contributed by atoms with van der Waals surface area (Å²) >= 11 is 0. The van der Waals surface area contributed by atoms with Crippen LogP contribution in [-0.4, -0.2) is 17.6 Å². The normalized spacial score (nSPS) is 10.1. The number of aromatic nitrogens is 1. The van der Waals surface area contributed by atoms with Crippen molar-refractivity contribution in [3.05, 3.63) is 59.8 Å². The molecule has 122 valence electrons. The molecule has 6 nitrogen and oxygen atoms in total. The van der Waals surface area contributed by atoms with Gasteiger partial charge in [0.25, 0.3) is 0 Å². The van der Waals surface area contributed by atoms with E-state index in [1.165, 1.54) is 0 Å². The smallest absolute Gasteiger partial charge is 0.338 e. The van der Waals surface area contributed by atoms with Gasteiger partial charge >= 0.3 is 6.03 Å². The van der Waals surface area contributed by atoms with Crippen molar-refractivity contribution in [1.82, 2.24) is 15.8 Å². The number of benzene rings is 1. The highest BCUT2D eigenvalue weighted by atomic mass is 16.7. The number of hydroxylamine groups is 1. The SMILES string of the molecule is CCCOc1ccc(CNC(=O)NOCc2ccccc2)cn1. The predicted molar refractivity (Wildman–Crippen MR) is 86.6 cm³/mol. The highest BCUT2D eigenvalue weighted by Crippen LogP contribution is 2.07. The molecule has 6 heteroatoms. The average molecular weight is 315 g/mol. The van der Waals surface area contributed by atoms with E-state index in [1.807, 2.05) is 43.3 Å². The quantitative estimate of drug-likeness (QED) is 0.735. The fourth-order valence-electron chi connectivity index (χ4n) is 1.79. The van der Waals surface area contributed by atoms with Crippen LogP contribution in [0.25, 0.3) is 0 Å². The largest absolute Gasteiger partial charge is 0.478 e. The van der Waals surface area contributed by atoms with Crippen LogP contribution in [0.2, 0.25) is 0 Å². The van der Waals surface area contributed by atoms with Crippen LogP contribution in [0, 0.1) is 0 Å². The van der Waals surface area contributed by atoms with Gasteiger partial charge in [-0.1, -0.05) is 43.3 Å². The first-order chi connectivity index (χ1) is 11.3. The summed E-state index contributed by atoms with van der Waals surface area (Å²) in [4.78, 5) is 20.9. The molecule has 2 aromatic rings. The number of hydrogen-bond donors (Lipinski definition) is 2. The van der Waals surface area contributed by atoms with Crippen molar-refractivity contribution in [2.75, 3.05) is 6.61 Å². The molecule has 0 bridgehead atoms. The van der Waals surface area contributed by atoms with E-state index in [9.17, 15) is 4.79 Å². The average Bonchev–Trinajstić information content (AvgIpc) is 2.60. The zero-order chi connectivity index (χ0) is 16.3. The number of hydrogen-bond acceptors (Lipinski definition) is 4. The number of urea groups is 1. The molecule has 0 aliphatic heterocycles. The zero-order valence-electron chi connectivity index (χ0n) is 13.1. The fraction of sp³-hybridized carbons (Fsp3) is 0.294. The summed E-state index contributed by atoms with van der Waals surface area (Å²) in [5.74, 6) is 0.589. The van der Waals surface area contributed by atoms with Gasteiger partial charge in [-0.3, -0.25) is 4.84 Å². The second-order valence-electron chi connectivity index (χ2n) is 4.91. The number of rotatable bonds is 8. The van der Waals surface area contributed by atoms with Crippen LogP contribution in [-0.2, 0) is 18.0 Å². The van der Waals surface area contributed by atoms with Crippen molar-refractivity contribution in [3.63, 3.8) is 0 Å². The van der Waals surface area contributed by atoms with E-state index < -0.39 is 6.03 Å². The molecule has 2 rings (SSSR count). The van der Waals surface area contributed by atoms with Gasteiger partial charge in [0.1, 0.15) is 0 Å². The second-order valence-corrected chi connectivity index (χ2v) is 4.91. The first-order valence-electron chi connectivity index (χ1n) is 7.55. The summed E-state index contributed by atoms with van der Waals surface area (Å²) in [5, 5.41) is 2.69. The Hall–Kier alpha value is -2.60. The second kappa shape index (κ2) is 9.42. The standard InChI is InChI=1S/C17H21N3O3/c1-2-10-22-16-9-8-15(11-18-16)12-19-17(21)20-23-13-14-6-4-3-5-7-14/h3-9,11H,2,10,12-13H2,1H3,(H2,19,20,21). The van der Waals surface area contributed by atoms with Crippen LogP contribution in [0.5, 0.6) is 5.88 Å². The Morgan fingerprint density at radius 1 is 1.13 bits per heavy atom. The zero-order valence-corrected chi connectivity index (χ0v) is 13.1. The molecule has 2 N–H and O–H groups in total. The number of carbonyl (C=O) groups is 1. The molecular formula is C17H21N3O3. The Morgan fingerprint density at radius 2 is 1.96 bits per heavy atom. The van der Waals surface area contributed by atoms with Gasteiger partial charge in [0.15, 0.2) is 0 Å². The van der Waals surface area contributed by atoms with Gasteiger partial charge in [-0.2, -0.15) is 0 Å². The first kappa shape index (κ1) is 16.8. The lowest BCUT2D eigenvalue weighted by Gasteiger charge is -2.08. The molecule has 0 saturated carbocycles. The number of nitrogens with one attached hydrogen (secondary N) is 2. The van der Waals surface area contributed by atoms with Crippen molar-refractivity contribution in [3.8, 4) is 5.88 Å². The summed E-state index contributed by atoms with van der Waals surface area (Å²) in [5.41, 5.74) is 4.21. The maximum Gasteiger partial charge on any atom is 0.338 e. The minimum absolute atomic E-state index is 0.319. The molecule has 0 radical (unpaired) electrons. The number of carbonyl (C=O) groups excluding carboxylic acids is 1. The Kier molecular flexibility index (Phi) is 6.87. The molecule has 0 aliphatic rings. The Balaban J connectivity index is 1.65. The van der Waals surface area contributed by atoms with Crippen LogP contribution in [0.15, 0.2) is 48.7 Å². The summed E-state index contributed by atoms with van der Waals surface area (Å²) in [6.07, 6.45) is 2.62. The highest BCUT2D eigenvalue weighted by Gasteiger charge is 2.02. The molecule has 0 spiro atoms. The van der Waals surface area contributed by atoms with Crippen LogP contribution in [0.4, 0.5) is 4.79 Å². The Bertz CT molecular complexity index is 588. The molecule has 0 unspecified atom stereocenters.